The fraction of sp³-hybridized carbons (Fsp3) is 0.917. The SMILES string of the molecule is CCCC(CC)NC(=O)C1CCCNC1. The van der Waals surface area contributed by atoms with Gasteiger partial charge in [-0.15, -0.1) is 0 Å². The van der Waals surface area contributed by atoms with Crippen LogP contribution < -0.4 is 10.6 Å². The Morgan fingerprint density at radius 1 is 1.53 bits per heavy atom. The summed E-state index contributed by atoms with van der Waals surface area (Å²) in [5.74, 6) is 0.451. The summed E-state index contributed by atoms with van der Waals surface area (Å²) in [4.78, 5) is 11.9. The Bertz CT molecular complexity index is 188. The Balaban J connectivity index is 2.31. The van der Waals surface area contributed by atoms with Crippen LogP contribution in [-0.4, -0.2) is 25.0 Å². The van der Waals surface area contributed by atoms with Crippen molar-refractivity contribution < 1.29 is 4.79 Å². The van der Waals surface area contributed by atoms with Crippen molar-refractivity contribution in [3.63, 3.8) is 0 Å². The van der Waals surface area contributed by atoms with Gasteiger partial charge in [0, 0.05) is 12.6 Å². The molecule has 2 unspecified atom stereocenters. The topological polar surface area (TPSA) is 41.1 Å². The van der Waals surface area contributed by atoms with Crippen molar-refractivity contribution in [3.8, 4) is 0 Å². The number of piperidine rings is 1. The van der Waals surface area contributed by atoms with Gasteiger partial charge in [0.2, 0.25) is 5.91 Å². The molecule has 1 aliphatic rings. The van der Waals surface area contributed by atoms with E-state index >= 15 is 0 Å². The molecule has 1 saturated heterocycles. The van der Waals surface area contributed by atoms with Crippen molar-refractivity contribution >= 4 is 5.91 Å². The molecule has 88 valence electrons. The molecular formula is C12H24N2O. The van der Waals surface area contributed by atoms with Crippen LogP contribution in [0, 0.1) is 5.92 Å². The highest BCUT2D eigenvalue weighted by Crippen LogP contribution is 2.11. The molecular weight excluding hydrogens is 188 g/mol. The first kappa shape index (κ1) is 12.5. The van der Waals surface area contributed by atoms with Gasteiger partial charge in [0.05, 0.1) is 5.92 Å². The van der Waals surface area contributed by atoms with Gasteiger partial charge in [0.15, 0.2) is 0 Å². The molecule has 2 N–H and O–H groups in total. The van der Waals surface area contributed by atoms with Crippen LogP contribution in [0.3, 0.4) is 0 Å². The van der Waals surface area contributed by atoms with Gasteiger partial charge in [0.1, 0.15) is 0 Å². The van der Waals surface area contributed by atoms with E-state index in [1.165, 1.54) is 0 Å². The lowest BCUT2D eigenvalue weighted by atomic mass is 9.98. The summed E-state index contributed by atoms with van der Waals surface area (Å²) in [7, 11) is 0. The number of amides is 1. The molecule has 1 fully saturated rings. The van der Waals surface area contributed by atoms with Gasteiger partial charge >= 0.3 is 0 Å². The maximum atomic E-state index is 11.9. The first-order chi connectivity index (χ1) is 7.27. The third kappa shape index (κ3) is 4.20. The highest BCUT2D eigenvalue weighted by molar-refractivity contribution is 5.79. The van der Waals surface area contributed by atoms with E-state index in [9.17, 15) is 4.79 Å². The molecule has 2 atom stereocenters. The van der Waals surface area contributed by atoms with E-state index in [-0.39, 0.29) is 11.8 Å². The van der Waals surface area contributed by atoms with Crippen LogP contribution in [-0.2, 0) is 4.79 Å². The zero-order valence-electron chi connectivity index (χ0n) is 10.0. The molecule has 3 nitrogen and oxygen atoms in total. The summed E-state index contributed by atoms with van der Waals surface area (Å²) < 4.78 is 0. The summed E-state index contributed by atoms with van der Waals surface area (Å²) in [5.41, 5.74) is 0. The highest BCUT2D eigenvalue weighted by atomic mass is 16.1. The monoisotopic (exact) mass is 212 g/mol. The van der Waals surface area contributed by atoms with Gasteiger partial charge < -0.3 is 10.6 Å². The third-order valence-corrected chi connectivity index (χ3v) is 3.14. The first-order valence-corrected chi connectivity index (χ1v) is 6.29. The minimum Gasteiger partial charge on any atom is -0.353 e. The van der Waals surface area contributed by atoms with Crippen molar-refractivity contribution in [3.05, 3.63) is 0 Å². The van der Waals surface area contributed by atoms with E-state index in [1.807, 2.05) is 0 Å². The van der Waals surface area contributed by atoms with Crippen LogP contribution in [0.4, 0.5) is 0 Å². The second-order valence-electron chi connectivity index (χ2n) is 4.45. The van der Waals surface area contributed by atoms with Gasteiger partial charge in [-0.25, -0.2) is 0 Å². The lowest BCUT2D eigenvalue weighted by Crippen LogP contribution is -2.44. The molecule has 0 aromatic rings. The second kappa shape index (κ2) is 6.83. The minimum absolute atomic E-state index is 0.199. The van der Waals surface area contributed by atoms with Gasteiger partial charge in [-0.2, -0.15) is 0 Å². The predicted octanol–water partition coefficient (Wildman–Crippen LogP) is 1.68. The van der Waals surface area contributed by atoms with E-state index < -0.39 is 0 Å². The molecule has 0 aliphatic carbocycles. The number of rotatable bonds is 5. The van der Waals surface area contributed by atoms with E-state index in [2.05, 4.69) is 24.5 Å². The molecule has 1 amide bonds. The molecule has 0 aromatic heterocycles. The Kier molecular flexibility index (Phi) is 5.69. The molecule has 0 spiro atoms. The maximum Gasteiger partial charge on any atom is 0.224 e. The molecule has 0 aromatic carbocycles. The molecule has 0 bridgehead atoms. The number of hydrogen-bond acceptors (Lipinski definition) is 2. The van der Waals surface area contributed by atoms with Gasteiger partial charge in [0.25, 0.3) is 0 Å². The Morgan fingerprint density at radius 3 is 2.87 bits per heavy atom. The van der Waals surface area contributed by atoms with Crippen LogP contribution >= 0.6 is 0 Å². The fourth-order valence-corrected chi connectivity index (χ4v) is 2.12. The van der Waals surface area contributed by atoms with Crippen LogP contribution in [0.5, 0.6) is 0 Å². The summed E-state index contributed by atoms with van der Waals surface area (Å²) in [5, 5.41) is 6.44. The molecule has 15 heavy (non-hydrogen) atoms. The Labute approximate surface area is 93.0 Å². The van der Waals surface area contributed by atoms with Gasteiger partial charge in [-0.3, -0.25) is 4.79 Å². The van der Waals surface area contributed by atoms with Gasteiger partial charge in [-0.1, -0.05) is 20.3 Å². The van der Waals surface area contributed by atoms with E-state index in [4.69, 9.17) is 0 Å². The van der Waals surface area contributed by atoms with E-state index in [0.29, 0.717) is 6.04 Å². The van der Waals surface area contributed by atoms with Gasteiger partial charge in [-0.05, 0) is 32.2 Å². The first-order valence-electron chi connectivity index (χ1n) is 6.29. The third-order valence-electron chi connectivity index (χ3n) is 3.14. The molecule has 0 radical (unpaired) electrons. The predicted molar refractivity (Wildman–Crippen MR) is 62.7 cm³/mol. The van der Waals surface area contributed by atoms with E-state index in [0.717, 1.165) is 45.2 Å². The second-order valence-corrected chi connectivity index (χ2v) is 4.45. The maximum absolute atomic E-state index is 11.9. The largest absolute Gasteiger partial charge is 0.353 e. The van der Waals surface area contributed by atoms with Crippen LogP contribution in [0.2, 0.25) is 0 Å². The summed E-state index contributed by atoms with van der Waals surface area (Å²) in [6.07, 6.45) is 5.45. The number of hydrogen-bond donors (Lipinski definition) is 2. The number of carbonyl (C=O) groups is 1. The van der Waals surface area contributed by atoms with Crippen molar-refractivity contribution in [1.29, 1.82) is 0 Å². The van der Waals surface area contributed by atoms with Crippen molar-refractivity contribution in [2.45, 2.75) is 52.0 Å². The van der Waals surface area contributed by atoms with Crippen molar-refractivity contribution in [1.82, 2.24) is 10.6 Å². The summed E-state index contributed by atoms with van der Waals surface area (Å²) in [6.45, 7) is 6.22. The zero-order valence-corrected chi connectivity index (χ0v) is 10.0. The quantitative estimate of drug-likeness (QED) is 0.728. The molecule has 1 heterocycles. The highest BCUT2D eigenvalue weighted by Gasteiger charge is 2.22. The van der Waals surface area contributed by atoms with E-state index in [1.54, 1.807) is 0 Å². The Hall–Kier alpha value is -0.570. The minimum atomic E-state index is 0.199. The molecule has 1 aliphatic heterocycles. The molecule has 1 rings (SSSR count). The Morgan fingerprint density at radius 2 is 2.33 bits per heavy atom. The average molecular weight is 212 g/mol. The smallest absolute Gasteiger partial charge is 0.224 e. The van der Waals surface area contributed by atoms with Crippen LogP contribution in [0.1, 0.15) is 46.0 Å². The van der Waals surface area contributed by atoms with Crippen molar-refractivity contribution in [2.75, 3.05) is 13.1 Å². The zero-order chi connectivity index (χ0) is 11.1. The number of nitrogens with one attached hydrogen (secondary N) is 2. The fourth-order valence-electron chi connectivity index (χ4n) is 2.12. The lowest BCUT2D eigenvalue weighted by molar-refractivity contribution is -0.126. The lowest BCUT2D eigenvalue weighted by Gasteiger charge is -2.24. The van der Waals surface area contributed by atoms with Crippen LogP contribution in [0.15, 0.2) is 0 Å². The normalized spacial score (nSPS) is 23.5. The molecule has 3 heteroatoms. The summed E-state index contributed by atoms with van der Waals surface area (Å²) in [6, 6.07) is 0.379. The number of carbonyl (C=O) groups excluding carboxylic acids is 1. The summed E-state index contributed by atoms with van der Waals surface area (Å²) >= 11 is 0. The van der Waals surface area contributed by atoms with Crippen molar-refractivity contribution in [2.24, 2.45) is 5.92 Å². The standard InChI is InChI=1S/C12H24N2O/c1-3-6-11(4-2)14-12(15)10-7-5-8-13-9-10/h10-11,13H,3-9H2,1-2H3,(H,14,15). The molecule has 0 saturated carbocycles. The average Bonchev–Trinajstić information content (AvgIpc) is 2.29. The van der Waals surface area contributed by atoms with Crippen LogP contribution in [0.25, 0.3) is 0 Å².